The van der Waals surface area contributed by atoms with Crippen LogP contribution in [0.25, 0.3) is 0 Å². The van der Waals surface area contributed by atoms with Gasteiger partial charge < -0.3 is 19.7 Å². The van der Waals surface area contributed by atoms with Crippen LogP contribution in [0.3, 0.4) is 0 Å². The first kappa shape index (κ1) is 15.6. The number of hydrogen-bond acceptors (Lipinski definition) is 4. The van der Waals surface area contributed by atoms with Crippen molar-refractivity contribution >= 4 is 6.09 Å². The number of carbonyl (C=O) groups excluding carboxylic acids is 1. The van der Waals surface area contributed by atoms with E-state index in [9.17, 15) is 4.79 Å². The van der Waals surface area contributed by atoms with E-state index in [1.165, 1.54) is 0 Å². The van der Waals surface area contributed by atoms with Gasteiger partial charge in [-0.1, -0.05) is 6.92 Å². The van der Waals surface area contributed by atoms with Gasteiger partial charge in [0.25, 0.3) is 0 Å². The summed E-state index contributed by atoms with van der Waals surface area (Å²) in [6, 6.07) is 0.403. The van der Waals surface area contributed by atoms with Crippen molar-refractivity contribution in [3.05, 3.63) is 0 Å². The van der Waals surface area contributed by atoms with Gasteiger partial charge in [0, 0.05) is 32.3 Å². The molecular formula is C15H28N2O3. The maximum absolute atomic E-state index is 11.8. The lowest BCUT2D eigenvalue weighted by molar-refractivity contribution is 0.00443. The number of likely N-dealkylation sites (tertiary alicyclic amines) is 1. The molecular weight excluding hydrogens is 256 g/mol. The molecule has 0 aliphatic carbocycles. The third-order valence-electron chi connectivity index (χ3n) is 3.95. The summed E-state index contributed by atoms with van der Waals surface area (Å²) in [5.74, 6) is 0.621. The lowest BCUT2D eigenvalue weighted by atomic mass is 9.98. The van der Waals surface area contributed by atoms with Crippen molar-refractivity contribution in [1.82, 2.24) is 10.2 Å². The molecule has 0 bridgehead atoms. The lowest BCUT2D eigenvalue weighted by Crippen LogP contribution is -2.61. The van der Waals surface area contributed by atoms with E-state index in [4.69, 9.17) is 9.47 Å². The number of ether oxygens (including phenoxy) is 2. The fourth-order valence-corrected chi connectivity index (χ4v) is 2.78. The fraction of sp³-hybridized carbons (Fsp3) is 0.933. The normalized spacial score (nSPS) is 27.5. The van der Waals surface area contributed by atoms with Crippen LogP contribution in [0.5, 0.6) is 0 Å². The summed E-state index contributed by atoms with van der Waals surface area (Å²) >= 11 is 0. The number of nitrogens with one attached hydrogen (secondary N) is 1. The zero-order valence-corrected chi connectivity index (χ0v) is 13.1. The Bertz CT molecular complexity index is 335. The first-order chi connectivity index (χ1) is 9.39. The van der Waals surface area contributed by atoms with E-state index in [1.54, 1.807) is 4.90 Å². The van der Waals surface area contributed by atoms with Gasteiger partial charge in [0.1, 0.15) is 5.60 Å². The first-order valence-electron chi connectivity index (χ1n) is 7.72. The third kappa shape index (κ3) is 4.09. The van der Waals surface area contributed by atoms with Crippen LogP contribution >= 0.6 is 0 Å². The molecule has 0 aromatic rings. The van der Waals surface area contributed by atoms with Gasteiger partial charge in [-0.15, -0.1) is 0 Å². The van der Waals surface area contributed by atoms with Gasteiger partial charge in [0.15, 0.2) is 0 Å². The summed E-state index contributed by atoms with van der Waals surface area (Å²) in [5.41, 5.74) is -0.412. The Labute approximate surface area is 122 Å². The Morgan fingerprint density at radius 3 is 2.70 bits per heavy atom. The van der Waals surface area contributed by atoms with Crippen LogP contribution in [-0.2, 0) is 9.47 Å². The second kappa shape index (κ2) is 6.31. The number of rotatable bonds is 4. The maximum Gasteiger partial charge on any atom is 0.410 e. The monoisotopic (exact) mass is 284 g/mol. The molecule has 0 aromatic carbocycles. The van der Waals surface area contributed by atoms with Crippen LogP contribution < -0.4 is 5.32 Å². The molecule has 2 saturated heterocycles. The summed E-state index contributed by atoms with van der Waals surface area (Å²) < 4.78 is 11.0. The molecule has 0 aromatic heterocycles. The summed E-state index contributed by atoms with van der Waals surface area (Å²) in [7, 11) is 0. The minimum atomic E-state index is -0.412. The molecule has 0 spiro atoms. The molecule has 1 N–H and O–H groups in total. The van der Waals surface area contributed by atoms with Gasteiger partial charge in [-0.3, -0.25) is 0 Å². The Morgan fingerprint density at radius 2 is 2.10 bits per heavy atom. The van der Waals surface area contributed by atoms with Crippen molar-refractivity contribution < 1.29 is 14.3 Å². The Balaban J connectivity index is 1.63. The van der Waals surface area contributed by atoms with Crippen molar-refractivity contribution in [2.45, 2.75) is 58.3 Å². The molecule has 1 amide bonds. The van der Waals surface area contributed by atoms with E-state index >= 15 is 0 Å². The highest BCUT2D eigenvalue weighted by Gasteiger charge is 2.34. The predicted octanol–water partition coefficient (Wildman–Crippen LogP) is 2.01. The van der Waals surface area contributed by atoms with Crippen molar-refractivity contribution in [2.24, 2.45) is 5.92 Å². The van der Waals surface area contributed by atoms with Gasteiger partial charge in [0.05, 0.1) is 6.10 Å². The van der Waals surface area contributed by atoms with E-state index in [1.807, 2.05) is 20.8 Å². The van der Waals surface area contributed by atoms with Crippen LogP contribution in [0.2, 0.25) is 0 Å². The molecule has 5 nitrogen and oxygen atoms in total. The van der Waals surface area contributed by atoms with Gasteiger partial charge >= 0.3 is 6.09 Å². The van der Waals surface area contributed by atoms with Crippen LogP contribution in [0.4, 0.5) is 4.79 Å². The van der Waals surface area contributed by atoms with E-state index in [0.29, 0.717) is 18.1 Å². The van der Waals surface area contributed by atoms with Gasteiger partial charge in [-0.25, -0.2) is 4.79 Å². The number of amides is 1. The number of carbonyl (C=O) groups is 1. The molecule has 2 atom stereocenters. The Kier molecular flexibility index (Phi) is 4.91. The van der Waals surface area contributed by atoms with Crippen molar-refractivity contribution in [1.29, 1.82) is 0 Å². The summed E-state index contributed by atoms with van der Waals surface area (Å²) in [5, 5.41) is 3.54. The summed E-state index contributed by atoms with van der Waals surface area (Å²) in [4.78, 5) is 13.6. The van der Waals surface area contributed by atoms with Crippen molar-refractivity contribution in [2.75, 3.05) is 26.2 Å². The average Bonchev–Trinajstić information content (AvgIpc) is 2.71. The van der Waals surface area contributed by atoms with Gasteiger partial charge in [0.2, 0.25) is 0 Å². The number of nitrogens with zero attached hydrogens (tertiary/aromatic N) is 1. The molecule has 0 radical (unpaired) electrons. The Morgan fingerprint density at radius 1 is 1.40 bits per heavy atom. The molecule has 2 fully saturated rings. The van der Waals surface area contributed by atoms with Crippen LogP contribution in [0.15, 0.2) is 0 Å². The minimum Gasteiger partial charge on any atom is -0.444 e. The topological polar surface area (TPSA) is 50.8 Å². The third-order valence-corrected chi connectivity index (χ3v) is 3.95. The van der Waals surface area contributed by atoms with E-state index < -0.39 is 5.60 Å². The molecule has 116 valence electrons. The Hall–Kier alpha value is -0.810. The molecule has 2 aliphatic heterocycles. The quantitative estimate of drug-likeness (QED) is 0.858. The summed E-state index contributed by atoms with van der Waals surface area (Å²) in [6.07, 6.45) is 2.44. The minimum absolute atomic E-state index is 0.203. The largest absolute Gasteiger partial charge is 0.444 e. The van der Waals surface area contributed by atoms with E-state index in [-0.39, 0.29) is 6.09 Å². The predicted molar refractivity (Wildman–Crippen MR) is 77.7 cm³/mol. The number of hydrogen-bond donors (Lipinski definition) is 1. The second-order valence-electron chi connectivity index (χ2n) is 6.86. The molecule has 5 heteroatoms. The zero-order valence-electron chi connectivity index (χ0n) is 13.1. The summed E-state index contributed by atoms with van der Waals surface area (Å²) in [6.45, 7) is 11.2. The standard InChI is InChI=1S/C15H28N2O3/c1-5-13-11(6-7-19-13)8-16-12-9-17(10-12)14(18)20-15(2,3)4/h11-13,16H,5-10H2,1-4H3. The highest BCUT2D eigenvalue weighted by molar-refractivity contribution is 5.69. The van der Waals surface area contributed by atoms with Gasteiger partial charge in [-0.05, 0) is 39.5 Å². The molecule has 2 unspecified atom stereocenters. The average molecular weight is 284 g/mol. The first-order valence-corrected chi connectivity index (χ1v) is 7.72. The van der Waals surface area contributed by atoms with Gasteiger partial charge in [-0.2, -0.15) is 0 Å². The molecule has 2 heterocycles. The fourth-order valence-electron chi connectivity index (χ4n) is 2.78. The molecule has 2 aliphatic rings. The molecule has 2 rings (SSSR count). The zero-order chi connectivity index (χ0) is 14.8. The van der Waals surface area contributed by atoms with Crippen molar-refractivity contribution in [3.63, 3.8) is 0 Å². The second-order valence-corrected chi connectivity index (χ2v) is 6.86. The van der Waals surface area contributed by atoms with Crippen LogP contribution in [0.1, 0.15) is 40.5 Å². The SMILES string of the molecule is CCC1OCCC1CNC1CN(C(=O)OC(C)(C)C)C1. The molecule has 0 saturated carbocycles. The van der Waals surface area contributed by atoms with E-state index in [0.717, 1.165) is 39.1 Å². The molecule has 20 heavy (non-hydrogen) atoms. The smallest absolute Gasteiger partial charge is 0.410 e. The van der Waals surface area contributed by atoms with E-state index in [2.05, 4.69) is 12.2 Å². The highest BCUT2D eigenvalue weighted by Crippen LogP contribution is 2.23. The highest BCUT2D eigenvalue weighted by atomic mass is 16.6. The van der Waals surface area contributed by atoms with Crippen LogP contribution in [-0.4, -0.2) is 55.0 Å². The van der Waals surface area contributed by atoms with Crippen LogP contribution in [0, 0.1) is 5.92 Å². The maximum atomic E-state index is 11.8. The lowest BCUT2D eigenvalue weighted by Gasteiger charge is -2.40. The van der Waals surface area contributed by atoms with Crippen molar-refractivity contribution in [3.8, 4) is 0 Å².